The first-order chi connectivity index (χ1) is 8.58. The van der Waals surface area contributed by atoms with Gasteiger partial charge in [-0.25, -0.2) is 4.79 Å². The van der Waals surface area contributed by atoms with E-state index in [9.17, 15) is 14.7 Å². The van der Waals surface area contributed by atoms with Gasteiger partial charge in [-0.15, -0.1) is 0 Å². The minimum absolute atomic E-state index is 0.276. The number of aryl methyl sites for hydroxylation is 1. The van der Waals surface area contributed by atoms with Crippen molar-refractivity contribution in [2.24, 2.45) is 0 Å². The third-order valence-electron chi connectivity index (χ3n) is 2.88. The Bertz CT molecular complexity index is 538. The SMILES string of the molecule is Cc1cc(O)c(C(=O)/C=C/N2CCCC2)c(=O)o1. The normalized spacial score (nSPS) is 15.5. The molecule has 2 heterocycles. The molecular formula is C13H15NO4. The van der Waals surface area contributed by atoms with E-state index in [1.54, 1.807) is 6.20 Å². The zero-order valence-electron chi connectivity index (χ0n) is 10.2. The number of hydrogen-bond donors (Lipinski definition) is 1. The summed E-state index contributed by atoms with van der Waals surface area (Å²) in [6, 6.07) is 1.26. The number of nitrogens with zero attached hydrogens (tertiary/aromatic N) is 1. The Labute approximate surface area is 104 Å². The Morgan fingerprint density at radius 1 is 1.44 bits per heavy atom. The van der Waals surface area contributed by atoms with Gasteiger partial charge in [0, 0.05) is 31.4 Å². The van der Waals surface area contributed by atoms with Gasteiger partial charge >= 0.3 is 5.63 Å². The lowest BCUT2D eigenvalue weighted by atomic mass is 10.1. The van der Waals surface area contributed by atoms with Crippen LogP contribution in [0.3, 0.4) is 0 Å². The maximum absolute atomic E-state index is 11.8. The topological polar surface area (TPSA) is 70.8 Å². The Morgan fingerprint density at radius 3 is 2.72 bits per heavy atom. The van der Waals surface area contributed by atoms with Crippen LogP contribution in [0.5, 0.6) is 5.75 Å². The van der Waals surface area contributed by atoms with E-state index < -0.39 is 11.4 Å². The molecular weight excluding hydrogens is 234 g/mol. The zero-order chi connectivity index (χ0) is 13.1. The first kappa shape index (κ1) is 12.4. The van der Waals surface area contributed by atoms with Crippen LogP contribution in [-0.4, -0.2) is 28.9 Å². The summed E-state index contributed by atoms with van der Waals surface area (Å²) < 4.78 is 4.80. The molecule has 5 heteroatoms. The number of hydrogen-bond acceptors (Lipinski definition) is 5. The van der Waals surface area contributed by atoms with Crippen molar-refractivity contribution in [2.75, 3.05) is 13.1 Å². The van der Waals surface area contributed by atoms with Gasteiger partial charge in [-0.3, -0.25) is 4.79 Å². The average molecular weight is 249 g/mol. The van der Waals surface area contributed by atoms with Crippen molar-refractivity contribution in [3.05, 3.63) is 40.1 Å². The van der Waals surface area contributed by atoms with Crippen LogP contribution in [0.25, 0.3) is 0 Å². The molecule has 0 aliphatic carbocycles. The van der Waals surface area contributed by atoms with Crippen molar-refractivity contribution >= 4 is 5.78 Å². The fraction of sp³-hybridized carbons (Fsp3) is 0.385. The van der Waals surface area contributed by atoms with Crippen LogP contribution in [0.2, 0.25) is 0 Å². The van der Waals surface area contributed by atoms with Gasteiger partial charge in [-0.2, -0.15) is 0 Å². The van der Waals surface area contributed by atoms with Gasteiger partial charge in [0.1, 0.15) is 17.1 Å². The van der Waals surface area contributed by atoms with E-state index in [1.807, 2.05) is 4.90 Å². The molecule has 1 aliphatic rings. The minimum atomic E-state index is -0.802. The van der Waals surface area contributed by atoms with Crippen molar-refractivity contribution in [1.82, 2.24) is 4.90 Å². The second-order valence-corrected chi connectivity index (χ2v) is 4.33. The van der Waals surface area contributed by atoms with Gasteiger partial charge in [-0.1, -0.05) is 0 Å². The molecule has 1 aliphatic heterocycles. The summed E-state index contributed by atoms with van der Waals surface area (Å²) in [6.45, 7) is 3.37. The molecule has 0 radical (unpaired) electrons. The first-order valence-corrected chi connectivity index (χ1v) is 5.88. The fourth-order valence-electron chi connectivity index (χ4n) is 1.97. The van der Waals surface area contributed by atoms with Gasteiger partial charge in [0.25, 0.3) is 0 Å². The van der Waals surface area contributed by atoms with E-state index in [4.69, 9.17) is 4.42 Å². The molecule has 1 aromatic heterocycles. The molecule has 1 aromatic rings. The zero-order valence-corrected chi connectivity index (χ0v) is 10.2. The molecule has 0 atom stereocenters. The molecule has 0 saturated carbocycles. The molecule has 2 rings (SSSR count). The predicted octanol–water partition coefficient (Wildman–Crippen LogP) is 1.45. The van der Waals surface area contributed by atoms with E-state index in [0.29, 0.717) is 0 Å². The summed E-state index contributed by atoms with van der Waals surface area (Å²) in [7, 11) is 0. The van der Waals surface area contributed by atoms with E-state index in [2.05, 4.69) is 0 Å². The third kappa shape index (κ3) is 2.61. The molecule has 0 unspecified atom stereocenters. The molecule has 18 heavy (non-hydrogen) atoms. The van der Waals surface area contributed by atoms with Crippen molar-refractivity contribution < 1.29 is 14.3 Å². The van der Waals surface area contributed by atoms with Crippen LogP contribution in [0, 0.1) is 6.92 Å². The quantitative estimate of drug-likeness (QED) is 0.648. The van der Waals surface area contributed by atoms with Crippen LogP contribution in [0.15, 0.2) is 27.6 Å². The van der Waals surface area contributed by atoms with E-state index in [-0.39, 0.29) is 17.1 Å². The predicted molar refractivity (Wildman–Crippen MR) is 65.7 cm³/mol. The average Bonchev–Trinajstić information content (AvgIpc) is 2.77. The molecule has 0 aromatic carbocycles. The second-order valence-electron chi connectivity index (χ2n) is 4.33. The van der Waals surface area contributed by atoms with E-state index in [0.717, 1.165) is 25.9 Å². The highest BCUT2D eigenvalue weighted by Crippen LogP contribution is 2.16. The van der Waals surface area contributed by atoms with Gasteiger partial charge in [-0.05, 0) is 19.8 Å². The highest BCUT2D eigenvalue weighted by atomic mass is 16.4. The largest absolute Gasteiger partial charge is 0.507 e. The summed E-state index contributed by atoms with van der Waals surface area (Å²) in [5.41, 5.74) is -1.11. The summed E-state index contributed by atoms with van der Waals surface area (Å²) in [5, 5.41) is 9.61. The summed E-state index contributed by atoms with van der Waals surface area (Å²) >= 11 is 0. The van der Waals surface area contributed by atoms with Crippen LogP contribution in [0.1, 0.15) is 29.0 Å². The maximum Gasteiger partial charge on any atom is 0.351 e. The summed E-state index contributed by atoms with van der Waals surface area (Å²) in [4.78, 5) is 25.3. The standard InChI is InChI=1S/C13H15NO4/c1-9-8-11(16)12(13(17)18-9)10(15)4-7-14-5-2-3-6-14/h4,7-8,16H,2-3,5-6H2,1H3/b7-4+. The van der Waals surface area contributed by atoms with Gasteiger partial charge < -0.3 is 14.4 Å². The number of rotatable bonds is 3. The van der Waals surface area contributed by atoms with Crippen molar-refractivity contribution in [2.45, 2.75) is 19.8 Å². The van der Waals surface area contributed by atoms with Crippen LogP contribution in [-0.2, 0) is 0 Å². The highest BCUT2D eigenvalue weighted by molar-refractivity contribution is 6.05. The van der Waals surface area contributed by atoms with E-state index in [1.165, 1.54) is 19.1 Å². The number of allylic oxidation sites excluding steroid dienone is 1. The second kappa shape index (κ2) is 5.08. The molecule has 1 saturated heterocycles. The van der Waals surface area contributed by atoms with Crippen molar-refractivity contribution in [1.29, 1.82) is 0 Å². The summed E-state index contributed by atoms with van der Waals surface area (Å²) in [6.07, 6.45) is 5.17. The number of ketones is 1. The highest BCUT2D eigenvalue weighted by Gasteiger charge is 2.16. The molecule has 0 amide bonds. The monoisotopic (exact) mass is 249 g/mol. The molecule has 1 fully saturated rings. The van der Waals surface area contributed by atoms with Crippen molar-refractivity contribution in [3.63, 3.8) is 0 Å². The van der Waals surface area contributed by atoms with Crippen LogP contribution >= 0.6 is 0 Å². The fourth-order valence-corrected chi connectivity index (χ4v) is 1.97. The molecule has 1 N–H and O–H groups in total. The molecule has 5 nitrogen and oxygen atoms in total. The van der Waals surface area contributed by atoms with E-state index >= 15 is 0 Å². The third-order valence-corrected chi connectivity index (χ3v) is 2.88. The molecule has 0 bridgehead atoms. The first-order valence-electron chi connectivity index (χ1n) is 5.88. The van der Waals surface area contributed by atoms with Crippen molar-refractivity contribution in [3.8, 4) is 5.75 Å². The Balaban J connectivity index is 2.21. The number of likely N-dealkylation sites (tertiary alicyclic amines) is 1. The lowest BCUT2D eigenvalue weighted by molar-refractivity contribution is 0.103. The van der Waals surface area contributed by atoms with Crippen LogP contribution < -0.4 is 5.63 Å². The Hall–Kier alpha value is -2.04. The number of aromatic hydroxyl groups is 1. The van der Waals surface area contributed by atoms with Gasteiger partial charge in [0.05, 0.1) is 0 Å². The molecule has 0 spiro atoms. The lowest BCUT2D eigenvalue weighted by Crippen LogP contribution is -2.15. The Kier molecular flexibility index (Phi) is 3.50. The van der Waals surface area contributed by atoms with Crippen LogP contribution in [0.4, 0.5) is 0 Å². The lowest BCUT2D eigenvalue weighted by Gasteiger charge is -2.09. The van der Waals surface area contributed by atoms with Gasteiger partial charge in [0.15, 0.2) is 5.78 Å². The van der Waals surface area contributed by atoms with Gasteiger partial charge in [0.2, 0.25) is 0 Å². The molecule has 96 valence electrons. The minimum Gasteiger partial charge on any atom is -0.507 e. The summed E-state index contributed by atoms with van der Waals surface area (Å²) in [5.74, 6) is -0.592. The Morgan fingerprint density at radius 2 is 2.11 bits per heavy atom. The number of carbonyl (C=O) groups is 1. The maximum atomic E-state index is 11.8. The smallest absolute Gasteiger partial charge is 0.351 e. The number of carbonyl (C=O) groups excluding carboxylic acids is 1.